The third-order valence-electron chi connectivity index (χ3n) is 6.30. The van der Waals surface area contributed by atoms with Crippen LogP contribution in [0.15, 0.2) is 81.9 Å². The zero-order chi connectivity index (χ0) is 26.9. The van der Waals surface area contributed by atoms with Crippen LogP contribution in [0.3, 0.4) is 0 Å². The Morgan fingerprint density at radius 3 is 1.76 bits per heavy atom. The summed E-state index contributed by atoms with van der Waals surface area (Å²) in [5.41, 5.74) is 0.511. The van der Waals surface area contributed by atoms with Crippen molar-refractivity contribution in [1.82, 2.24) is 0 Å². The van der Waals surface area contributed by atoms with E-state index in [2.05, 4.69) is 6.58 Å². The molecular weight excluding hydrogens is 540 g/mol. The normalized spacial score (nSPS) is 13.1. The first-order chi connectivity index (χ1) is 17.2. The van der Waals surface area contributed by atoms with Gasteiger partial charge in [0.05, 0.1) is 0 Å². The third kappa shape index (κ3) is 4.07. The van der Waals surface area contributed by atoms with Gasteiger partial charge in [0, 0.05) is 28.0 Å². The van der Waals surface area contributed by atoms with Crippen LogP contribution in [0.25, 0.3) is 38.4 Å². The Hall–Kier alpha value is -3.39. The maximum absolute atomic E-state index is 12.8. The molecule has 0 atom stereocenters. The predicted octanol–water partition coefficient (Wildman–Crippen LogP) is 4.56. The molecule has 5 aromatic carbocycles. The molecule has 0 spiro atoms. The molecule has 0 aliphatic carbocycles. The molecule has 0 unspecified atom stereocenters. The van der Waals surface area contributed by atoms with E-state index in [1.165, 1.54) is 36.4 Å². The SMILES string of the molecule is C=Cc1cc2c(S(=O)(=O)O)c(Cc3ccccc3)c(S(=O)(=O)O)c3ccc4c(S(=O)(=O)O)ccc1c4c32. The van der Waals surface area contributed by atoms with Gasteiger partial charge in [0.25, 0.3) is 30.4 Å². The van der Waals surface area contributed by atoms with Gasteiger partial charge in [-0.2, -0.15) is 25.3 Å². The maximum Gasteiger partial charge on any atom is 0.295 e. The van der Waals surface area contributed by atoms with Crippen molar-refractivity contribution >= 4 is 68.7 Å². The van der Waals surface area contributed by atoms with Gasteiger partial charge < -0.3 is 0 Å². The fraction of sp³-hybridized carbons (Fsp3) is 0.0400. The van der Waals surface area contributed by atoms with Crippen molar-refractivity contribution in [3.63, 3.8) is 0 Å². The minimum Gasteiger partial charge on any atom is -0.282 e. The van der Waals surface area contributed by atoms with Crippen molar-refractivity contribution < 1.29 is 38.9 Å². The van der Waals surface area contributed by atoms with Crippen molar-refractivity contribution in [1.29, 1.82) is 0 Å². The van der Waals surface area contributed by atoms with Gasteiger partial charge in [0.2, 0.25) is 0 Å². The summed E-state index contributed by atoms with van der Waals surface area (Å²) < 4.78 is 106. The predicted molar refractivity (Wildman–Crippen MR) is 139 cm³/mol. The first kappa shape index (κ1) is 25.3. The van der Waals surface area contributed by atoms with E-state index in [1.54, 1.807) is 30.3 Å². The van der Waals surface area contributed by atoms with E-state index < -0.39 is 45.0 Å². The fourth-order valence-corrected chi connectivity index (χ4v) is 7.60. The summed E-state index contributed by atoms with van der Waals surface area (Å²) in [6.07, 6.45) is 1.12. The summed E-state index contributed by atoms with van der Waals surface area (Å²) in [6, 6.07) is 14.7. The molecule has 0 fully saturated rings. The number of hydrogen-bond acceptors (Lipinski definition) is 6. The molecule has 5 aromatic rings. The van der Waals surface area contributed by atoms with Crippen LogP contribution in [0.5, 0.6) is 0 Å². The average molecular weight is 559 g/mol. The van der Waals surface area contributed by atoms with Crippen LogP contribution >= 0.6 is 0 Å². The Balaban J connectivity index is 2.16. The van der Waals surface area contributed by atoms with Crippen molar-refractivity contribution in [2.75, 3.05) is 0 Å². The first-order valence-electron chi connectivity index (χ1n) is 10.6. The molecule has 190 valence electrons. The molecule has 0 saturated heterocycles. The Morgan fingerprint density at radius 2 is 1.19 bits per heavy atom. The molecule has 0 aromatic heterocycles. The quantitative estimate of drug-likeness (QED) is 0.200. The number of rotatable bonds is 6. The van der Waals surface area contributed by atoms with Crippen molar-refractivity contribution in [3.05, 3.63) is 83.9 Å². The van der Waals surface area contributed by atoms with Crippen LogP contribution in [0.1, 0.15) is 16.7 Å². The Bertz CT molecular complexity index is 2080. The molecule has 0 amide bonds. The first-order valence-corrected chi connectivity index (χ1v) is 14.9. The Kier molecular flexibility index (Phi) is 5.68. The topological polar surface area (TPSA) is 163 Å². The number of hydrogen-bond donors (Lipinski definition) is 3. The molecule has 0 aliphatic rings. The molecule has 3 N–H and O–H groups in total. The molecule has 5 rings (SSSR count). The minimum absolute atomic E-state index is 0.0143. The second-order valence-electron chi connectivity index (χ2n) is 8.46. The highest BCUT2D eigenvalue weighted by molar-refractivity contribution is 7.87. The lowest BCUT2D eigenvalue weighted by Gasteiger charge is -2.21. The van der Waals surface area contributed by atoms with E-state index in [1.807, 2.05) is 0 Å². The molecule has 0 radical (unpaired) electrons. The highest BCUT2D eigenvalue weighted by Crippen LogP contribution is 2.46. The zero-order valence-electron chi connectivity index (χ0n) is 18.8. The van der Waals surface area contributed by atoms with Crippen LogP contribution in [0, 0.1) is 0 Å². The monoisotopic (exact) mass is 558 g/mol. The van der Waals surface area contributed by atoms with E-state index in [-0.39, 0.29) is 38.9 Å². The van der Waals surface area contributed by atoms with Gasteiger partial charge in [-0.25, -0.2) is 0 Å². The summed E-state index contributed by atoms with van der Waals surface area (Å²) in [6.45, 7) is 3.73. The average Bonchev–Trinajstić information content (AvgIpc) is 2.79. The lowest BCUT2D eigenvalue weighted by atomic mass is 9.89. The molecule has 0 saturated carbocycles. The standard InChI is InChI=1S/C25H18O9S3/c1-2-15-13-19-23-18(9-8-17-21(35(26,27)28)11-10-16(15)22(17)23)24(36(29,30)31)20(25(19)37(32,33)34)12-14-6-4-3-5-7-14/h2-11,13H,1,12H2,(H,26,27,28)(H,29,30,31)(H,32,33,34). The van der Waals surface area contributed by atoms with Gasteiger partial charge in [-0.3, -0.25) is 13.7 Å². The molecular formula is C25H18O9S3. The van der Waals surface area contributed by atoms with Crippen molar-refractivity contribution in [3.8, 4) is 0 Å². The smallest absolute Gasteiger partial charge is 0.282 e. The van der Waals surface area contributed by atoms with E-state index in [0.29, 0.717) is 16.5 Å². The van der Waals surface area contributed by atoms with E-state index in [0.717, 1.165) is 0 Å². The second kappa shape index (κ2) is 8.31. The molecule has 9 nitrogen and oxygen atoms in total. The lowest BCUT2D eigenvalue weighted by molar-refractivity contribution is 0.478. The maximum atomic E-state index is 12.8. The molecule has 0 aliphatic heterocycles. The molecule has 37 heavy (non-hydrogen) atoms. The molecule has 12 heteroatoms. The summed E-state index contributed by atoms with van der Waals surface area (Å²) in [5.74, 6) is 0. The Labute approximate surface area is 212 Å². The van der Waals surface area contributed by atoms with Crippen LogP contribution in [-0.4, -0.2) is 38.9 Å². The van der Waals surface area contributed by atoms with Crippen LogP contribution in [0.2, 0.25) is 0 Å². The highest BCUT2D eigenvalue weighted by Gasteiger charge is 2.32. The summed E-state index contributed by atoms with van der Waals surface area (Å²) in [4.78, 5) is -1.96. The highest BCUT2D eigenvalue weighted by atomic mass is 32.2. The van der Waals surface area contributed by atoms with E-state index in [4.69, 9.17) is 0 Å². The van der Waals surface area contributed by atoms with Crippen molar-refractivity contribution in [2.24, 2.45) is 0 Å². The second-order valence-corrected chi connectivity index (χ2v) is 12.6. The Morgan fingerprint density at radius 1 is 0.649 bits per heavy atom. The largest absolute Gasteiger partial charge is 0.295 e. The molecule has 0 bridgehead atoms. The van der Waals surface area contributed by atoms with Crippen LogP contribution in [0.4, 0.5) is 0 Å². The van der Waals surface area contributed by atoms with E-state index >= 15 is 0 Å². The van der Waals surface area contributed by atoms with Crippen molar-refractivity contribution in [2.45, 2.75) is 21.1 Å². The van der Waals surface area contributed by atoms with Gasteiger partial charge in [-0.1, -0.05) is 61.2 Å². The number of benzene rings is 5. The minimum atomic E-state index is -5.10. The summed E-state index contributed by atoms with van der Waals surface area (Å²) >= 11 is 0. The molecule has 0 heterocycles. The lowest BCUT2D eigenvalue weighted by Crippen LogP contribution is -2.13. The zero-order valence-corrected chi connectivity index (χ0v) is 21.2. The summed E-state index contributed by atoms with van der Waals surface area (Å²) in [7, 11) is -14.9. The van der Waals surface area contributed by atoms with E-state index in [9.17, 15) is 38.9 Å². The van der Waals surface area contributed by atoms with Gasteiger partial charge in [0.15, 0.2) is 0 Å². The van der Waals surface area contributed by atoms with Crippen LogP contribution in [-0.2, 0) is 36.8 Å². The van der Waals surface area contributed by atoms with Gasteiger partial charge in [-0.15, -0.1) is 0 Å². The van der Waals surface area contributed by atoms with Gasteiger partial charge in [-0.05, 0) is 39.6 Å². The van der Waals surface area contributed by atoms with Gasteiger partial charge >= 0.3 is 0 Å². The van der Waals surface area contributed by atoms with Crippen LogP contribution < -0.4 is 0 Å². The van der Waals surface area contributed by atoms with Gasteiger partial charge in [0.1, 0.15) is 14.7 Å². The fourth-order valence-electron chi connectivity index (χ4n) is 4.99. The summed E-state index contributed by atoms with van der Waals surface area (Å²) in [5, 5.41) is 0.267. The third-order valence-corrected chi connectivity index (χ3v) is 9.17.